The van der Waals surface area contributed by atoms with Crippen LogP contribution in [0.4, 0.5) is 4.79 Å². The van der Waals surface area contributed by atoms with Crippen LogP contribution in [-0.4, -0.2) is 23.0 Å². The minimum Gasteiger partial charge on any atom is -0.491 e. The van der Waals surface area contributed by atoms with E-state index >= 15 is 0 Å². The molecule has 1 aromatic heterocycles. The Labute approximate surface area is 207 Å². The Bertz CT molecular complexity index is 1230. The van der Waals surface area contributed by atoms with Crippen molar-refractivity contribution in [2.45, 2.75) is 51.1 Å². The van der Waals surface area contributed by atoms with Gasteiger partial charge in [-0.1, -0.05) is 67.6 Å². The Morgan fingerprint density at radius 1 is 1.00 bits per heavy atom. The molecule has 3 aromatic rings. The van der Waals surface area contributed by atoms with Gasteiger partial charge in [-0.25, -0.2) is 4.79 Å². The van der Waals surface area contributed by atoms with E-state index in [1.807, 2.05) is 69.3 Å². The number of rotatable bonds is 10. The second-order valence-electron chi connectivity index (χ2n) is 8.65. The summed E-state index contributed by atoms with van der Waals surface area (Å²) in [5.74, 6) is 0.482. The summed E-state index contributed by atoms with van der Waals surface area (Å²) in [5, 5.41) is 1.58. The highest BCUT2D eigenvalue weighted by Crippen LogP contribution is 2.26. The molecule has 35 heavy (non-hydrogen) atoms. The van der Waals surface area contributed by atoms with Crippen LogP contribution in [0.25, 0.3) is 0 Å². The minimum atomic E-state index is -0.742. The Kier molecular flexibility index (Phi) is 7.77. The molecule has 2 atom stereocenters. The van der Waals surface area contributed by atoms with Gasteiger partial charge >= 0.3 is 5.82 Å². The summed E-state index contributed by atoms with van der Waals surface area (Å²) >= 11 is 1.01. The predicted octanol–water partition coefficient (Wildman–Crippen LogP) is 4.90. The summed E-state index contributed by atoms with van der Waals surface area (Å²) in [5.41, 5.74) is 2.99. The molecule has 1 fully saturated rings. The van der Waals surface area contributed by atoms with Crippen molar-refractivity contribution in [1.82, 2.24) is 5.32 Å². The molecule has 0 aliphatic carbocycles. The van der Waals surface area contributed by atoms with E-state index in [0.717, 1.165) is 28.5 Å². The standard InChI is InChI=1S/C26H27NO7S/c1-15(2)23-21(33-26(30)34-23)14-32-20(18-8-4-16(3)5-9-18)13-31-19-10-6-17(7-11-19)12-22-24(28)27-25(29)35-22/h4-11,15,20,22H,12-14H2,1-3H3,(H,27,28,29). The largest absolute Gasteiger partial charge is 0.519 e. The molecule has 2 aromatic carbocycles. The van der Waals surface area contributed by atoms with Crippen molar-refractivity contribution >= 4 is 22.9 Å². The van der Waals surface area contributed by atoms with Gasteiger partial charge in [0.25, 0.3) is 5.24 Å². The van der Waals surface area contributed by atoms with Crippen LogP contribution >= 0.6 is 11.8 Å². The molecule has 1 saturated heterocycles. The van der Waals surface area contributed by atoms with E-state index in [1.54, 1.807) is 0 Å². The van der Waals surface area contributed by atoms with E-state index in [4.69, 9.17) is 18.3 Å². The molecule has 2 heterocycles. The van der Waals surface area contributed by atoms with Crippen molar-refractivity contribution in [1.29, 1.82) is 0 Å². The first-order chi connectivity index (χ1) is 16.8. The summed E-state index contributed by atoms with van der Waals surface area (Å²) in [6.45, 7) is 6.14. The van der Waals surface area contributed by atoms with E-state index in [9.17, 15) is 14.4 Å². The molecule has 1 aliphatic rings. The van der Waals surface area contributed by atoms with Crippen LogP contribution in [0.1, 0.15) is 54.1 Å². The fourth-order valence-corrected chi connectivity index (χ4v) is 4.55. The fraction of sp³-hybridized carbons (Fsp3) is 0.346. The van der Waals surface area contributed by atoms with Crippen molar-refractivity contribution in [3.05, 3.63) is 87.4 Å². The third kappa shape index (κ3) is 6.43. The Balaban J connectivity index is 1.42. The molecule has 1 aliphatic heterocycles. The van der Waals surface area contributed by atoms with E-state index in [2.05, 4.69) is 5.32 Å². The highest BCUT2D eigenvalue weighted by Gasteiger charge is 2.31. The summed E-state index contributed by atoms with van der Waals surface area (Å²) in [6.07, 6.45) is 0.0474. The maximum Gasteiger partial charge on any atom is 0.519 e. The van der Waals surface area contributed by atoms with Crippen LogP contribution in [0.2, 0.25) is 0 Å². The molecule has 8 nitrogen and oxygen atoms in total. The van der Waals surface area contributed by atoms with Crippen LogP contribution in [0.5, 0.6) is 5.75 Å². The lowest BCUT2D eigenvalue weighted by atomic mass is 10.1. The molecule has 4 rings (SSSR count). The number of amides is 2. The summed E-state index contributed by atoms with van der Waals surface area (Å²) in [7, 11) is 0. The van der Waals surface area contributed by atoms with Gasteiger partial charge in [0.05, 0.1) is 5.25 Å². The fourth-order valence-electron chi connectivity index (χ4n) is 3.69. The number of ether oxygens (including phenoxy) is 2. The van der Waals surface area contributed by atoms with E-state index in [-0.39, 0.29) is 30.3 Å². The number of hydrogen-bond donors (Lipinski definition) is 1. The average Bonchev–Trinajstić information content (AvgIpc) is 3.36. The zero-order valence-corrected chi connectivity index (χ0v) is 20.6. The summed E-state index contributed by atoms with van der Waals surface area (Å²) < 4.78 is 22.5. The van der Waals surface area contributed by atoms with Crippen LogP contribution in [-0.2, 0) is 22.6 Å². The Morgan fingerprint density at radius 2 is 1.71 bits per heavy atom. The number of benzene rings is 2. The van der Waals surface area contributed by atoms with E-state index in [1.165, 1.54) is 0 Å². The first-order valence-corrected chi connectivity index (χ1v) is 12.2. The van der Waals surface area contributed by atoms with Gasteiger partial charge in [-0.15, -0.1) is 0 Å². The maximum absolute atomic E-state index is 11.8. The smallest absolute Gasteiger partial charge is 0.491 e. The third-order valence-corrected chi connectivity index (χ3v) is 6.56. The van der Waals surface area contributed by atoms with Crippen molar-refractivity contribution in [2.24, 2.45) is 0 Å². The first kappa shape index (κ1) is 24.8. The van der Waals surface area contributed by atoms with Crippen LogP contribution < -0.4 is 15.9 Å². The lowest BCUT2D eigenvalue weighted by Gasteiger charge is -2.19. The average molecular weight is 498 g/mol. The van der Waals surface area contributed by atoms with Gasteiger partial charge in [0.1, 0.15) is 25.1 Å². The van der Waals surface area contributed by atoms with E-state index in [0.29, 0.717) is 23.7 Å². The van der Waals surface area contributed by atoms with Gasteiger partial charge in [-0.3, -0.25) is 14.9 Å². The number of imide groups is 1. The highest BCUT2D eigenvalue weighted by molar-refractivity contribution is 8.15. The summed E-state index contributed by atoms with van der Waals surface area (Å²) in [4.78, 5) is 34.7. The molecule has 2 amide bonds. The molecule has 0 bridgehead atoms. The van der Waals surface area contributed by atoms with Crippen LogP contribution in [0.3, 0.4) is 0 Å². The number of hydrogen-bond acceptors (Lipinski definition) is 8. The monoisotopic (exact) mass is 497 g/mol. The van der Waals surface area contributed by atoms with Crippen molar-refractivity contribution in [3.8, 4) is 5.75 Å². The van der Waals surface area contributed by atoms with Crippen LogP contribution in [0, 0.1) is 6.92 Å². The zero-order chi connectivity index (χ0) is 24.9. The Morgan fingerprint density at radius 3 is 2.34 bits per heavy atom. The number of carbonyl (C=O) groups excluding carboxylic acids is 2. The topological polar surface area (TPSA) is 108 Å². The molecule has 0 saturated carbocycles. The number of nitrogens with one attached hydrogen (secondary N) is 1. The lowest BCUT2D eigenvalue weighted by molar-refractivity contribution is -0.118. The van der Waals surface area contributed by atoms with Crippen molar-refractivity contribution in [2.75, 3.05) is 6.61 Å². The van der Waals surface area contributed by atoms with Gasteiger partial charge in [0, 0.05) is 5.92 Å². The van der Waals surface area contributed by atoms with Crippen molar-refractivity contribution in [3.63, 3.8) is 0 Å². The Hall–Kier alpha value is -3.30. The molecule has 184 valence electrons. The highest BCUT2D eigenvalue weighted by atomic mass is 32.2. The number of thioether (sulfide) groups is 1. The first-order valence-electron chi connectivity index (χ1n) is 11.3. The molecule has 2 unspecified atom stereocenters. The second kappa shape index (κ2) is 11.0. The quantitative estimate of drug-likeness (QED) is 0.422. The molecule has 0 radical (unpaired) electrons. The third-order valence-electron chi connectivity index (χ3n) is 5.58. The van der Waals surface area contributed by atoms with E-state index < -0.39 is 17.2 Å². The van der Waals surface area contributed by atoms with Gasteiger partial charge < -0.3 is 18.3 Å². The molecular weight excluding hydrogens is 470 g/mol. The summed E-state index contributed by atoms with van der Waals surface area (Å²) in [6, 6.07) is 15.4. The predicted molar refractivity (Wildman–Crippen MR) is 131 cm³/mol. The molecule has 0 spiro atoms. The second-order valence-corrected chi connectivity index (χ2v) is 9.82. The van der Waals surface area contributed by atoms with Gasteiger partial charge in [0.2, 0.25) is 5.91 Å². The van der Waals surface area contributed by atoms with Gasteiger partial charge in [0.15, 0.2) is 11.5 Å². The molecule has 9 heteroatoms. The minimum absolute atomic E-state index is 0.0144. The number of carbonyl (C=O) groups is 2. The normalized spacial score (nSPS) is 16.5. The molecular formula is C26H27NO7S. The SMILES string of the molecule is Cc1ccc(C(COc2ccc(CC3SC(=O)NC3=O)cc2)OCc2oc(=O)oc2C(C)C)cc1. The zero-order valence-electron chi connectivity index (χ0n) is 19.7. The lowest BCUT2D eigenvalue weighted by Crippen LogP contribution is -2.25. The number of aryl methyl sites for hydroxylation is 1. The van der Waals surface area contributed by atoms with Gasteiger partial charge in [-0.05, 0) is 36.6 Å². The van der Waals surface area contributed by atoms with Gasteiger partial charge in [-0.2, -0.15) is 0 Å². The van der Waals surface area contributed by atoms with Crippen LogP contribution in [0.15, 0.2) is 62.2 Å². The van der Waals surface area contributed by atoms with Crippen molar-refractivity contribution < 1.29 is 27.9 Å². The molecule has 1 N–H and O–H groups in total. The maximum atomic E-state index is 11.8.